The molecule has 0 atom stereocenters. The van der Waals surface area contributed by atoms with E-state index in [1.54, 1.807) is 12.1 Å². The summed E-state index contributed by atoms with van der Waals surface area (Å²) in [6.07, 6.45) is 1.51. The van der Waals surface area contributed by atoms with Crippen LogP contribution in [-0.4, -0.2) is 41.6 Å². The predicted molar refractivity (Wildman–Crippen MR) is 107 cm³/mol. The highest BCUT2D eigenvalue weighted by atomic mass is 79.9. The minimum absolute atomic E-state index is 0.124. The summed E-state index contributed by atoms with van der Waals surface area (Å²) in [5.41, 5.74) is 1.52. The van der Waals surface area contributed by atoms with Gasteiger partial charge in [-0.15, -0.1) is 0 Å². The number of rotatable bonds is 7. The lowest BCUT2D eigenvalue weighted by Gasteiger charge is -2.12. The van der Waals surface area contributed by atoms with Gasteiger partial charge in [0.25, 0.3) is 5.91 Å². The van der Waals surface area contributed by atoms with Crippen LogP contribution in [0.4, 0.5) is 4.79 Å². The zero-order valence-corrected chi connectivity index (χ0v) is 16.9. The van der Waals surface area contributed by atoms with Crippen LogP contribution in [0, 0.1) is 0 Å². The summed E-state index contributed by atoms with van der Waals surface area (Å²) >= 11 is 3.31. The van der Waals surface area contributed by atoms with Gasteiger partial charge in [-0.25, -0.2) is 9.59 Å². The van der Waals surface area contributed by atoms with Gasteiger partial charge in [0.1, 0.15) is 5.70 Å². The first kappa shape index (κ1) is 20.4. The Morgan fingerprint density at radius 1 is 1.24 bits per heavy atom. The molecule has 1 aliphatic rings. The number of halogens is 1. The summed E-state index contributed by atoms with van der Waals surface area (Å²) in [5, 5.41) is 11.4. The number of aliphatic carboxylic acids is 1. The molecule has 0 spiro atoms. The smallest absolute Gasteiger partial charge is 0.341 e. The maximum atomic E-state index is 12.6. The SMILES string of the molecule is COc1cc(/C=C2/NC(=O)N(Cc3ccccc3)C2=O)cc(Br)c1OCC(=O)O. The highest BCUT2D eigenvalue weighted by molar-refractivity contribution is 9.10. The fraction of sp³-hybridized carbons (Fsp3) is 0.150. The molecule has 1 aliphatic heterocycles. The van der Waals surface area contributed by atoms with E-state index in [0.717, 1.165) is 10.5 Å². The van der Waals surface area contributed by atoms with Crippen LogP contribution in [0.15, 0.2) is 52.6 Å². The monoisotopic (exact) mass is 460 g/mol. The molecule has 0 aliphatic carbocycles. The number of benzene rings is 2. The van der Waals surface area contributed by atoms with E-state index in [1.807, 2.05) is 30.3 Å². The Kier molecular flexibility index (Phi) is 6.18. The Morgan fingerprint density at radius 3 is 2.62 bits per heavy atom. The number of carbonyl (C=O) groups excluding carboxylic acids is 2. The first-order valence-electron chi connectivity index (χ1n) is 8.49. The summed E-state index contributed by atoms with van der Waals surface area (Å²) in [5.74, 6) is -1.06. The lowest BCUT2D eigenvalue weighted by Crippen LogP contribution is -2.30. The van der Waals surface area contributed by atoms with Gasteiger partial charge in [0, 0.05) is 0 Å². The van der Waals surface area contributed by atoms with Gasteiger partial charge in [-0.2, -0.15) is 0 Å². The average molecular weight is 461 g/mol. The number of methoxy groups -OCH3 is 1. The highest BCUT2D eigenvalue weighted by Gasteiger charge is 2.33. The van der Waals surface area contributed by atoms with E-state index >= 15 is 0 Å². The molecule has 3 rings (SSSR count). The molecular formula is C20H17BrN2O6. The zero-order valence-electron chi connectivity index (χ0n) is 15.3. The van der Waals surface area contributed by atoms with Crippen LogP contribution in [0.1, 0.15) is 11.1 Å². The summed E-state index contributed by atoms with van der Waals surface area (Å²) in [7, 11) is 1.41. The highest BCUT2D eigenvalue weighted by Crippen LogP contribution is 2.37. The summed E-state index contributed by atoms with van der Waals surface area (Å²) in [4.78, 5) is 36.7. The lowest BCUT2D eigenvalue weighted by atomic mass is 10.1. The zero-order chi connectivity index (χ0) is 21.0. The fourth-order valence-corrected chi connectivity index (χ4v) is 3.32. The number of ether oxygens (including phenoxy) is 2. The molecule has 2 aromatic carbocycles. The van der Waals surface area contributed by atoms with Gasteiger partial charge in [-0.05, 0) is 45.3 Å². The van der Waals surface area contributed by atoms with Crippen LogP contribution in [0.5, 0.6) is 11.5 Å². The van der Waals surface area contributed by atoms with Gasteiger partial charge in [0.05, 0.1) is 18.1 Å². The molecule has 3 amide bonds. The van der Waals surface area contributed by atoms with Crippen molar-refractivity contribution in [3.63, 3.8) is 0 Å². The van der Waals surface area contributed by atoms with Crippen LogP contribution in [0.25, 0.3) is 6.08 Å². The van der Waals surface area contributed by atoms with E-state index in [0.29, 0.717) is 10.0 Å². The second-order valence-corrected chi connectivity index (χ2v) is 6.94. The largest absolute Gasteiger partial charge is 0.493 e. The van der Waals surface area contributed by atoms with Crippen molar-refractivity contribution in [3.8, 4) is 11.5 Å². The van der Waals surface area contributed by atoms with Crippen molar-refractivity contribution in [2.75, 3.05) is 13.7 Å². The first-order chi connectivity index (χ1) is 13.9. The lowest BCUT2D eigenvalue weighted by molar-refractivity contribution is -0.139. The number of imide groups is 1. The van der Waals surface area contributed by atoms with Crippen LogP contribution in [0.2, 0.25) is 0 Å². The number of carboxylic acid groups (broad SMARTS) is 1. The van der Waals surface area contributed by atoms with Crippen molar-refractivity contribution < 1.29 is 29.0 Å². The second-order valence-electron chi connectivity index (χ2n) is 6.08. The van der Waals surface area contributed by atoms with Gasteiger partial charge in [0.15, 0.2) is 18.1 Å². The molecule has 1 saturated heterocycles. The number of hydrogen-bond donors (Lipinski definition) is 2. The molecule has 8 nitrogen and oxygen atoms in total. The molecule has 0 saturated carbocycles. The number of nitrogens with one attached hydrogen (secondary N) is 1. The van der Waals surface area contributed by atoms with Gasteiger partial charge in [0.2, 0.25) is 0 Å². The Hall–Kier alpha value is -3.33. The number of urea groups is 1. The molecule has 9 heteroatoms. The third-order valence-corrected chi connectivity index (χ3v) is 4.64. The third kappa shape index (κ3) is 4.75. The second kappa shape index (κ2) is 8.78. The van der Waals surface area contributed by atoms with E-state index < -0.39 is 24.5 Å². The Labute approximate surface area is 174 Å². The van der Waals surface area contributed by atoms with Crippen LogP contribution >= 0.6 is 15.9 Å². The first-order valence-corrected chi connectivity index (χ1v) is 9.29. The number of carbonyl (C=O) groups is 3. The third-order valence-electron chi connectivity index (χ3n) is 4.05. The van der Waals surface area contributed by atoms with Crippen molar-refractivity contribution in [2.24, 2.45) is 0 Å². The molecule has 0 unspecified atom stereocenters. The van der Waals surface area contributed by atoms with Gasteiger partial charge < -0.3 is 19.9 Å². The average Bonchev–Trinajstić information content (AvgIpc) is 2.94. The molecule has 0 aromatic heterocycles. The topological polar surface area (TPSA) is 105 Å². The molecule has 0 radical (unpaired) electrons. The van der Waals surface area contributed by atoms with Crippen molar-refractivity contribution in [2.45, 2.75) is 6.54 Å². The van der Waals surface area contributed by atoms with E-state index in [4.69, 9.17) is 14.6 Å². The minimum Gasteiger partial charge on any atom is -0.493 e. The van der Waals surface area contributed by atoms with Crippen LogP contribution < -0.4 is 14.8 Å². The molecule has 1 fully saturated rings. The van der Waals surface area contributed by atoms with Gasteiger partial charge in [-0.1, -0.05) is 30.3 Å². The molecule has 2 aromatic rings. The Bertz CT molecular complexity index is 990. The Balaban J connectivity index is 1.84. The van der Waals surface area contributed by atoms with E-state index in [-0.39, 0.29) is 23.7 Å². The standard InChI is InChI=1S/C20H17BrN2O6/c1-28-16-9-13(7-14(21)18(16)29-11-17(24)25)8-15-19(26)23(20(27)22-15)10-12-5-3-2-4-6-12/h2-9H,10-11H2,1H3,(H,22,27)(H,24,25)/b15-8+. The molecular weight excluding hydrogens is 444 g/mol. The number of hydrogen-bond acceptors (Lipinski definition) is 5. The molecule has 29 heavy (non-hydrogen) atoms. The van der Waals surface area contributed by atoms with Crippen molar-refractivity contribution in [1.29, 1.82) is 0 Å². The summed E-state index contributed by atoms with van der Waals surface area (Å²) in [6.45, 7) is -0.365. The van der Waals surface area contributed by atoms with Gasteiger partial charge >= 0.3 is 12.0 Å². The maximum absolute atomic E-state index is 12.6. The van der Waals surface area contributed by atoms with Gasteiger partial charge in [-0.3, -0.25) is 9.69 Å². The Morgan fingerprint density at radius 2 is 1.97 bits per heavy atom. The number of carboxylic acids is 1. The quantitative estimate of drug-likeness (QED) is 0.485. The molecule has 1 heterocycles. The predicted octanol–water partition coefficient (Wildman–Crippen LogP) is 3.01. The van der Waals surface area contributed by atoms with Crippen LogP contribution in [-0.2, 0) is 16.1 Å². The van der Waals surface area contributed by atoms with E-state index in [2.05, 4.69) is 21.2 Å². The van der Waals surface area contributed by atoms with Crippen molar-refractivity contribution in [1.82, 2.24) is 10.2 Å². The summed E-state index contributed by atoms with van der Waals surface area (Å²) in [6, 6.07) is 11.9. The van der Waals surface area contributed by atoms with E-state index in [1.165, 1.54) is 13.2 Å². The molecule has 2 N–H and O–H groups in total. The molecule has 0 bridgehead atoms. The minimum atomic E-state index is -1.12. The van der Waals surface area contributed by atoms with Crippen molar-refractivity contribution in [3.05, 3.63) is 63.8 Å². The molecule has 150 valence electrons. The van der Waals surface area contributed by atoms with E-state index in [9.17, 15) is 14.4 Å². The number of nitrogens with zero attached hydrogens (tertiary/aromatic N) is 1. The number of amides is 3. The van der Waals surface area contributed by atoms with Crippen LogP contribution in [0.3, 0.4) is 0 Å². The fourth-order valence-electron chi connectivity index (χ4n) is 2.74. The normalized spacial score (nSPS) is 14.8. The summed E-state index contributed by atoms with van der Waals surface area (Å²) < 4.78 is 10.9. The maximum Gasteiger partial charge on any atom is 0.341 e. The van der Waals surface area contributed by atoms with Crippen molar-refractivity contribution >= 4 is 39.9 Å².